The number of carbonyl (C=O) groups excluding carboxylic acids is 3. The molecular formula is C28H45N3O4. The van der Waals surface area contributed by atoms with Crippen LogP contribution in [0, 0.1) is 5.92 Å². The Kier molecular flexibility index (Phi) is 10.6. The molecule has 0 radical (unpaired) electrons. The van der Waals surface area contributed by atoms with Crippen LogP contribution < -0.4 is 10.6 Å². The predicted octanol–water partition coefficient (Wildman–Crippen LogP) is 5.46. The molecule has 1 rings (SSSR count). The number of carbonyl (C=O) groups is 3. The van der Waals surface area contributed by atoms with Gasteiger partial charge in [0.25, 0.3) is 0 Å². The van der Waals surface area contributed by atoms with E-state index in [1.54, 1.807) is 31.7 Å². The summed E-state index contributed by atoms with van der Waals surface area (Å²) in [4.78, 5) is 42.0. The number of nitrogens with one attached hydrogen (secondary N) is 2. The van der Waals surface area contributed by atoms with Crippen molar-refractivity contribution in [1.29, 1.82) is 0 Å². The highest BCUT2D eigenvalue weighted by molar-refractivity contribution is 5.92. The Hall–Kier alpha value is -2.83. The predicted molar refractivity (Wildman–Crippen MR) is 142 cm³/mol. The van der Waals surface area contributed by atoms with Crippen molar-refractivity contribution in [3.05, 3.63) is 42.0 Å². The van der Waals surface area contributed by atoms with Crippen molar-refractivity contribution in [2.24, 2.45) is 5.92 Å². The van der Waals surface area contributed by atoms with Crippen LogP contribution in [-0.2, 0) is 14.3 Å². The lowest BCUT2D eigenvalue weighted by atomic mass is 9.95. The zero-order valence-corrected chi connectivity index (χ0v) is 23.2. The van der Waals surface area contributed by atoms with Crippen molar-refractivity contribution in [2.75, 3.05) is 0 Å². The lowest BCUT2D eigenvalue weighted by Gasteiger charge is -2.40. The summed E-state index contributed by atoms with van der Waals surface area (Å²) >= 11 is 0. The number of hydrogen-bond donors (Lipinski definition) is 2. The van der Waals surface area contributed by atoms with E-state index >= 15 is 0 Å². The van der Waals surface area contributed by atoms with Crippen molar-refractivity contribution in [1.82, 2.24) is 15.5 Å². The zero-order valence-electron chi connectivity index (χ0n) is 23.2. The number of benzene rings is 1. The third kappa shape index (κ3) is 9.38. The molecular weight excluding hydrogens is 442 g/mol. The van der Waals surface area contributed by atoms with E-state index in [9.17, 15) is 14.4 Å². The van der Waals surface area contributed by atoms with Gasteiger partial charge in [-0.05, 0) is 78.0 Å². The molecule has 7 nitrogen and oxygen atoms in total. The van der Waals surface area contributed by atoms with Crippen molar-refractivity contribution < 1.29 is 19.1 Å². The van der Waals surface area contributed by atoms with Crippen molar-refractivity contribution >= 4 is 24.0 Å². The van der Waals surface area contributed by atoms with E-state index in [4.69, 9.17) is 4.74 Å². The van der Waals surface area contributed by atoms with Gasteiger partial charge in [0.05, 0.1) is 0 Å². The summed E-state index contributed by atoms with van der Waals surface area (Å²) in [5.74, 6) is -0.849. The standard InChI is InChI=1S/C28H45N3O4/c1-12-19(5)31(25(33)22(18(3)4)29-26(34)35-28(9,10)11)23(24(32)30-27(6,7)8)21-16-14-15-20(13-2)17-21/h13-19,22-23H,2,12H2,1,3-11H3,(H,29,34)(H,30,32). The topological polar surface area (TPSA) is 87.7 Å². The molecule has 35 heavy (non-hydrogen) atoms. The quantitative estimate of drug-likeness (QED) is 0.484. The van der Waals surface area contributed by atoms with Crippen molar-refractivity contribution in [3.63, 3.8) is 0 Å². The van der Waals surface area contributed by atoms with E-state index in [2.05, 4.69) is 17.2 Å². The van der Waals surface area contributed by atoms with Crippen LogP contribution in [-0.4, -0.2) is 46.0 Å². The van der Waals surface area contributed by atoms with Crippen LogP contribution in [0.3, 0.4) is 0 Å². The molecule has 1 aromatic carbocycles. The van der Waals surface area contributed by atoms with E-state index in [1.807, 2.05) is 72.7 Å². The maximum atomic E-state index is 14.1. The molecule has 0 heterocycles. The van der Waals surface area contributed by atoms with Crippen LogP contribution in [0.4, 0.5) is 4.79 Å². The monoisotopic (exact) mass is 487 g/mol. The molecule has 3 atom stereocenters. The summed E-state index contributed by atoms with van der Waals surface area (Å²) in [6.45, 7) is 22.4. The summed E-state index contributed by atoms with van der Waals surface area (Å²) in [7, 11) is 0. The van der Waals surface area contributed by atoms with Gasteiger partial charge in [-0.3, -0.25) is 9.59 Å². The maximum absolute atomic E-state index is 14.1. The number of rotatable bonds is 9. The molecule has 0 aromatic heterocycles. The lowest BCUT2D eigenvalue weighted by Crippen LogP contribution is -2.58. The molecule has 0 bridgehead atoms. The van der Waals surface area contributed by atoms with Crippen LogP contribution in [0.15, 0.2) is 30.8 Å². The summed E-state index contributed by atoms with van der Waals surface area (Å²) in [6.07, 6.45) is 1.67. The van der Waals surface area contributed by atoms with Gasteiger partial charge < -0.3 is 20.3 Å². The van der Waals surface area contributed by atoms with Crippen molar-refractivity contribution in [3.8, 4) is 0 Å². The summed E-state index contributed by atoms with van der Waals surface area (Å²) in [6, 6.07) is 5.42. The Bertz CT molecular complexity index is 896. The molecule has 0 saturated carbocycles. The van der Waals surface area contributed by atoms with Crippen LogP contribution in [0.5, 0.6) is 0 Å². The fourth-order valence-electron chi connectivity index (χ4n) is 3.64. The van der Waals surface area contributed by atoms with Gasteiger partial charge in [0.1, 0.15) is 17.7 Å². The van der Waals surface area contributed by atoms with Gasteiger partial charge >= 0.3 is 6.09 Å². The minimum Gasteiger partial charge on any atom is -0.444 e. The van der Waals surface area contributed by atoms with Crippen LogP contribution in [0.1, 0.15) is 92.8 Å². The Balaban J connectivity index is 3.60. The Morgan fingerprint density at radius 2 is 1.69 bits per heavy atom. The molecule has 2 N–H and O–H groups in total. The van der Waals surface area contributed by atoms with Crippen LogP contribution >= 0.6 is 0 Å². The van der Waals surface area contributed by atoms with E-state index in [0.717, 1.165) is 5.56 Å². The minimum atomic E-state index is -0.890. The number of ether oxygens (including phenoxy) is 1. The second kappa shape index (κ2) is 12.2. The zero-order chi connectivity index (χ0) is 27.1. The highest BCUT2D eigenvalue weighted by Crippen LogP contribution is 2.28. The normalized spacial score (nSPS) is 14.5. The van der Waals surface area contributed by atoms with E-state index in [0.29, 0.717) is 12.0 Å². The third-order valence-corrected chi connectivity index (χ3v) is 5.41. The first-order valence-electron chi connectivity index (χ1n) is 12.4. The smallest absolute Gasteiger partial charge is 0.408 e. The molecule has 3 unspecified atom stereocenters. The molecule has 196 valence electrons. The second-order valence-corrected chi connectivity index (χ2v) is 11.4. The number of hydrogen-bond acceptors (Lipinski definition) is 4. The summed E-state index contributed by atoms with van der Waals surface area (Å²) in [5, 5.41) is 5.79. The van der Waals surface area contributed by atoms with Gasteiger partial charge in [0, 0.05) is 11.6 Å². The number of nitrogens with zero attached hydrogens (tertiary/aromatic N) is 1. The van der Waals surface area contributed by atoms with Gasteiger partial charge in [-0.25, -0.2) is 4.79 Å². The van der Waals surface area contributed by atoms with Crippen LogP contribution in [0.25, 0.3) is 6.08 Å². The van der Waals surface area contributed by atoms with E-state index in [1.165, 1.54) is 0 Å². The molecule has 0 aliphatic rings. The first-order valence-corrected chi connectivity index (χ1v) is 12.4. The highest BCUT2D eigenvalue weighted by atomic mass is 16.6. The Morgan fingerprint density at radius 1 is 1.09 bits per heavy atom. The van der Waals surface area contributed by atoms with Gasteiger partial charge in [0.2, 0.25) is 11.8 Å². The first-order chi connectivity index (χ1) is 16.0. The van der Waals surface area contributed by atoms with Crippen LogP contribution in [0.2, 0.25) is 0 Å². The maximum Gasteiger partial charge on any atom is 0.408 e. The average molecular weight is 488 g/mol. The average Bonchev–Trinajstić information content (AvgIpc) is 2.71. The van der Waals surface area contributed by atoms with Gasteiger partial charge in [-0.1, -0.05) is 51.6 Å². The molecule has 1 aromatic rings. The molecule has 3 amide bonds. The fourth-order valence-corrected chi connectivity index (χ4v) is 3.64. The molecule has 0 aliphatic heterocycles. The number of alkyl carbamates (subject to hydrolysis) is 1. The Morgan fingerprint density at radius 3 is 2.14 bits per heavy atom. The summed E-state index contributed by atoms with van der Waals surface area (Å²) in [5.41, 5.74) is 0.324. The minimum absolute atomic E-state index is 0.229. The van der Waals surface area contributed by atoms with Gasteiger partial charge in [-0.15, -0.1) is 0 Å². The molecule has 0 fully saturated rings. The highest BCUT2D eigenvalue weighted by Gasteiger charge is 2.40. The summed E-state index contributed by atoms with van der Waals surface area (Å²) < 4.78 is 5.41. The van der Waals surface area contributed by atoms with Crippen molar-refractivity contribution in [2.45, 2.75) is 105 Å². The molecule has 0 saturated heterocycles. The third-order valence-electron chi connectivity index (χ3n) is 5.41. The first kappa shape index (κ1) is 30.2. The lowest BCUT2D eigenvalue weighted by molar-refractivity contribution is -0.146. The molecule has 0 aliphatic carbocycles. The van der Waals surface area contributed by atoms with E-state index in [-0.39, 0.29) is 23.8 Å². The Labute approximate surface area is 211 Å². The fraction of sp³-hybridized carbons (Fsp3) is 0.607. The molecule has 0 spiro atoms. The van der Waals surface area contributed by atoms with Gasteiger partial charge in [0.15, 0.2) is 0 Å². The SMILES string of the molecule is C=Cc1cccc(C(C(=O)NC(C)(C)C)N(C(=O)C(NC(=O)OC(C)(C)C)C(C)C)C(C)CC)c1. The molecule has 7 heteroatoms. The number of amides is 3. The largest absolute Gasteiger partial charge is 0.444 e. The second-order valence-electron chi connectivity index (χ2n) is 11.4. The van der Waals surface area contributed by atoms with Gasteiger partial charge in [-0.2, -0.15) is 0 Å². The van der Waals surface area contributed by atoms with E-state index < -0.39 is 29.3 Å².